The van der Waals surface area contributed by atoms with Crippen molar-refractivity contribution in [3.8, 4) is 0 Å². The molecule has 0 bridgehead atoms. The van der Waals surface area contributed by atoms with Gasteiger partial charge in [-0.3, -0.25) is 4.79 Å². The van der Waals surface area contributed by atoms with Crippen molar-refractivity contribution < 1.29 is 17.9 Å². The molecular formula is C22H25N3O4S2. The number of methoxy groups -OCH3 is 1. The van der Waals surface area contributed by atoms with Crippen LogP contribution in [0.1, 0.15) is 33.8 Å². The number of hydrogen-bond donors (Lipinski definition) is 0. The maximum atomic E-state index is 13.1. The minimum atomic E-state index is -3.66. The Morgan fingerprint density at radius 1 is 1.23 bits per heavy atom. The van der Waals surface area contributed by atoms with E-state index >= 15 is 0 Å². The number of imidazole rings is 1. The maximum absolute atomic E-state index is 13.1. The molecule has 1 aromatic carbocycles. The molecule has 7 nitrogen and oxygen atoms in total. The van der Waals surface area contributed by atoms with Crippen LogP contribution in [-0.4, -0.2) is 48.5 Å². The highest BCUT2D eigenvalue weighted by Crippen LogP contribution is 2.31. The Balaban J connectivity index is 1.63. The lowest BCUT2D eigenvalue weighted by molar-refractivity contribution is 0.0729. The molecule has 3 aromatic rings. The van der Waals surface area contributed by atoms with E-state index in [-0.39, 0.29) is 22.9 Å². The van der Waals surface area contributed by atoms with Crippen LogP contribution in [0.5, 0.6) is 0 Å². The number of thiophene rings is 1. The Morgan fingerprint density at radius 2 is 2.00 bits per heavy atom. The van der Waals surface area contributed by atoms with Crippen molar-refractivity contribution in [1.82, 2.24) is 14.5 Å². The predicted molar refractivity (Wildman–Crippen MR) is 119 cm³/mol. The minimum absolute atomic E-state index is 0.0164. The van der Waals surface area contributed by atoms with E-state index in [9.17, 15) is 13.2 Å². The van der Waals surface area contributed by atoms with Gasteiger partial charge in [0.15, 0.2) is 0 Å². The number of hydrogen-bond acceptors (Lipinski definition) is 6. The van der Waals surface area contributed by atoms with E-state index in [0.717, 1.165) is 12.8 Å². The number of ether oxygens (including phenoxy) is 1. The van der Waals surface area contributed by atoms with Gasteiger partial charge in [0.1, 0.15) is 0 Å². The molecule has 2 heterocycles. The van der Waals surface area contributed by atoms with Crippen LogP contribution in [0.25, 0.3) is 0 Å². The zero-order valence-corrected chi connectivity index (χ0v) is 18.9. The SMILES string of the molecule is COCCn1c(CN(C(=O)c2cccs2)C2CC2)cnc1S(=O)(=O)Cc1ccccc1. The first kappa shape index (κ1) is 21.7. The number of rotatable bonds is 10. The van der Waals surface area contributed by atoms with Crippen LogP contribution in [-0.2, 0) is 33.4 Å². The number of sulfone groups is 1. The van der Waals surface area contributed by atoms with Gasteiger partial charge in [-0.2, -0.15) is 0 Å². The Morgan fingerprint density at radius 3 is 2.65 bits per heavy atom. The molecule has 31 heavy (non-hydrogen) atoms. The first-order valence-corrected chi connectivity index (χ1v) is 12.7. The lowest BCUT2D eigenvalue weighted by atomic mass is 10.2. The summed E-state index contributed by atoms with van der Waals surface area (Å²) in [5, 5.41) is 1.90. The Labute approximate surface area is 186 Å². The van der Waals surface area contributed by atoms with E-state index in [0.29, 0.717) is 35.8 Å². The fraction of sp³-hybridized carbons (Fsp3) is 0.364. The highest BCUT2D eigenvalue weighted by Gasteiger charge is 2.35. The lowest BCUT2D eigenvalue weighted by Crippen LogP contribution is -2.33. The summed E-state index contributed by atoms with van der Waals surface area (Å²) in [6.07, 6.45) is 3.50. The van der Waals surface area contributed by atoms with Crippen LogP contribution >= 0.6 is 11.3 Å². The quantitative estimate of drug-likeness (QED) is 0.464. The zero-order valence-electron chi connectivity index (χ0n) is 17.3. The molecule has 0 spiro atoms. The second-order valence-corrected chi connectivity index (χ2v) is 10.4. The summed E-state index contributed by atoms with van der Waals surface area (Å²) in [6.45, 7) is 1.01. The van der Waals surface area contributed by atoms with Gasteiger partial charge in [-0.15, -0.1) is 11.3 Å². The number of carbonyl (C=O) groups excluding carboxylic acids is 1. The van der Waals surface area contributed by atoms with E-state index in [1.165, 1.54) is 11.3 Å². The molecule has 1 amide bonds. The van der Waals surface area contributed by atoms with Crippen LogP contribution in [0.3, 0.4) is 0 Å². The van der Waals surface area contributed by atoms with Gasteiger partial charge in [-0.1, -0.05) is 36.4 Å². The smallest absolute Gasteiger partial charge is 0.264 e. The molecule has 0 aliphatic heterocycles. The Hall–Kier alpha value is -2.49. The highest BCUT2D eigenvalue weighted by atomic mass is 32.2. The van der Waals surface area contributed by atoms with Crippen LogP contribution in [0.4, 0.5) is 0 Å². The summed E-state index contributed by atoms with van der Waals surface area (Å²) in [5.74, 6) is -0.150. The Bertz CT molecular complexity index is 1120. The summed E-state index contributed by atoms with van der Waals surface area (Å²) in [4.78, 5) is 19.8. The van der Waals surface area contributed by atoms with Crippen molar-refractivity contribution in [2.75, 3.05) is 13.7 Å². The summed E-state index contributed by atoms with van der Waals surface area (Å²) in [5.41, 5.74) is 1.40. The van der Waals surface area contributed by atoms with Gasteiger partial charge in [-0.25, -0.2) is 13.4 Å². The minimum Gasteiger partial charge on any atom is -0.383 e. The molecule has 1 aliphatic carbocycles. The summed E-state index contributed by atoms with van der Waals surface area (Å²) < 4.78 is 33.2. The molecule has 0 N–H and O–H groups in total. The van der Waals surface area contributed by atoms with Gasteiger partial charge in [0.25, 0.3) is 5.91 Å². The van der Waals surface area contributed by atoms with Crippen molar-refractivity contribution in [2.45, 2.75) is 42.9 Å². The third-order valence-electron chi connectivity index (χ3n) is 5.21. The molecular weight excluding hydrogens is 434 g/mol. The lowest BCUT2D eigenvalue weighted by Gasteiger charge is -2.23. The van der Waals surface area contributed by atoms with Crippen molar-refractivity contribution in [2.24, 2.45) is 0 Å². The second-order valence-electron chi connectivity index (χ2n) is 7.56. The molecule has 2 aromatic heterocycles. The average molecular weight is 460 g/mol. The van der Waals surface area contributed by atoms with Gasteiger partial charge < -0.3 is 14.2 Å². The molecule has 1 fully saturated rings. The first-order chi connectivity index (χ1) is 15.0. The Kier molecular flexibility index (Phi) is 6.54. The molecule has 0 unspecified atom stereocenters. The van der Waals surface area contributed by atoms with Crippen molar-refractivity contribution >= 4 is 27.1 Å². The first-order valence-electron chi connectivity index (χ1n) is 10.1. The molecule has 0 radical (unpaired) electrons. The highest BCUT2D eigenvalue weighted by molar-refractivity contribution is 7.90. The summed E-state index contributed by atoms with van der Waals surface area (Å²) in [7, 11) is -2.09. The van der Waals surface area contributed by atoms with Crippen molar-refractivity contribution in [1.29, 1.82) is 0 Å². The van der Waals surface area contributed by atoms with Gasteiger partial charge in [0.2, 0.25) is 15.0 Å². The number of benzene rings is 1. The van der Waals surface area contributed by atoms with Crippen LogP contribution in [0, 0.1) is 0 Å². The van der Waals surface area contributed by atoms with E-state index in [1.807, 2.05) is 40.6 Å². The van der Waals surface area contributed by atoms with E-state index < -0.39 is 9.84 Å². The van der Waals surface area contributed by atoms with Gasteiger partial charge in [-0.05, 0) is 29.9 Å². The largest absolute Gasteiger partial charge is 0.383 e. The van der Waals surface area contributed by atoms with E-state index in [1.54, 1.807) is 30.0 Å². The molecule has 9 heteroatoms. The summed E-state index contributed by atoms with van der Waals surface area (Å²) >= 11 is 1.41. The number of nitrogens with zero attached hydrogens (tertiary/aromatic N) is 3. The summed E-state index contributed by atoms with van der Waals surface area (Å²) in [6, 6.07) is 12.9. The third-order valence-corrected chi connectivity index (χ3v) is 7.66. The third kappa shape index (κ3) is 5.06. The van der Waals surface area contributed by atoms with Crippen LogP contribution < -0.4 is 0 Å². The molecule has 1 saturated carbocycles. The molecule has 164 valence electrons. The fourth-order valence-electron chi connectivity index (χ4n) is 3.52. The second kappa shape index (κ2) is 9.33. The average Bonchev–Trinajstić information content (AvgIpc) is 3.28. The van der Waals surface area contributed by atoms with E-state index in [4.69, 9.17) is 4.74 Å². The van der Waals surface area contributed by atoms with Gasteiger partial charge in [0, 0.05) is 19.7 Å². The van der Waals surface area contributed by atoms with Gasteiger partial charge in [0.05, 0.1) is 35.7 Å². The van der Waals surface area contributed by atoms with Crippen molar-refractivity contribution in [3.05, 3.63) is 70.2 Å². The monoisotopic (exact) mass is 459 g/mol. The number of aromatic nitrogens is 2. The molecule has 0 atom stereocenters. The fourth-order valence-corrected chi connectivity index (χ4v) is 5.71. The topological polar surface area (TPSA) is 81.5 Å². The van der Waals surface area contributed by atoms with E-state index in [2.05, 4.69) is 4.98 Å². The van der Waals surface area contributed by atoms with Crippen molar-refractivity contribution in [3.63, 3.8) is 0 Å². The van der Waals surface area contributed by atoms with Gasteiger partial charge >= 0.3 is 0 Å². The maximum Gasteiger partial charge on any atom is 0.264 e. The molecule has 4 rings (SSSR count). The van der Waals surface area contributed by atoms with Crippen LogP contribution in [0.2, 0.25) is 0 Å². The standard InChI is InChI=1S/C22H25N3O4S2/c1-29-12-11-24-19(15-25(18-9-10-18)21(26)20-8-5-13-30-20)14-23-22(24)31(27,28)16-17-6-3-2-4-7-17/h2-8,13-14,18H,9-12,15-16H2,1H3. The molecule has 1 aliphatic rings. The predicted octanol–water partition coefficient (Wildman–Crippen LogP) is 3.37. The number of carbonyl (C=O) groups is 1. The molecule has 0 saturated heterocycles. The number of amides is 1. The van der Waals surface area contributed by atoms with Crippen LogP contribution in [0.15, 0.2) is 59.2 Å². The zero-order chi connectivity index (χ0) is 21.8. The normalized spacial score (nSPS) is 14.0.